The number of alkyl halides is 1. The van der Waals surface area contributed by atoms with E-state index in [4.69, 9.17) is 16.3 Å². The lowest BCUT2D eigenvalue weighted by atomic mass is 9.93. The van der Waals surface area contributed by atoms with Gasteiger partial charge in [0.25, 0.3) is 0 Å². The molecule has 0 spiro atoms. The van der Waals surface area contributed by atoms with E-state index < -0.39 is 0 Å². The molecule has 0 aromatic rings. The molecule has 1 aliphatic heterocycles. The highest BCUT2D eigenvalue weighted by atomic mass is 35.5. The predicted octanol–water partition coefficient (Wildman–Crippen LogP) is 1.65. The van der Waals surface area contributed by atoms with Gasteiger partial charge in [-0.25, -0.2) is 0 Å². The lowest BCUT2D eigenvalue weighted by Crippen LogP contribution is -2.17. The van der Waals surface area contributed by atoms with Crippen LogP contribution in [0.25, 0.3) is 0 Å². The summed E-state index contributed by atoms with van der Waals surface area (Å²) in [6.45, 7) is 3.90. The molecule has 1 atom stereocenters. The summed E-state index contributed by atoms with van der Waals surface area (Å²) in [6.07, 6.45) is 1.12. The third-order valence-electron chi connectivity index (χ3n) is 1.62. The highest BCUT2D eigenvalue weighted by Gasteiger charge is 2.28. The van der Waals surface area contributed by atoms with Crippen LogP contribution < -0.4 is 0 Å². The van der Waals surface area contributed by atoms with Gasteiger partial charge in [0.05, 0.1) is 6.61 Å². The van der Waals surface area contributed by atoms with Gasteiger partial charge in [-0.15, -0.1) is 11.6 Å². The Labute approximate surface area is 55.0 Å². The molecule has 0 aromatic heterocycles. The minimum Gasteiger partial charge on any atom is -0.381 e. The first-order valence-corrected chi connectivity index (χ1v) is 3.44. The molecule has 0 aliphatic carbocycles. The Morgan fingerprint density at radius 1 is 1.75 bits per heavy atom. The normalized spacial score (nSPS) is 38.2. The summed E-state index contributed by atoms with van der Waals surface area (Å²) >= 11 is 5.67. The summed E-state index contributed by atoms with van der Waals surface area (Å²) in [7, 11) is 0. The molecule has 0 aromatic carbocycles. The van der Waals surface area contributed by atoms with Crippen molar-refractivity contribution in [2.45, 2.75) is 13.3 Å². The van der Waals surface area contributed by atoms with Gasteiger partial charge in [-0.05, 0) is 6.42 Å². The Bertz CT molecular complexity index is 76.6. The van der Waals surface area contributed by atoms with E-state index in [1.54, 1.807) is 0 Å². The molecular weight excluding hydrogens is 124 g/mol. The first kappa shape index (κ1) is 6.37. The van der Waals surface area contributed by atoms with Crippen LogP contribution in [-0.4, -0.2) is 19.1 Å². The average Bonchev–Trinajstić information content (AvgIpc) is 2.17. The number of halogens is 1. The van der Waals surface area contributed by atoms with Crippen molar-refractivity contribution < 1.29 is 4.74 Å². The van der Waals surface area contributed by atoms with Gasteiger partial charge < -0.3 is 4.74 Å². The van der Waals surface area contributed by atoms with E-state index >= 15 is 0 Å². The molecular formula is C6H11ClO. The van der Waals surface area contributed by atoms with Crippen LogP contribution in [0.4, 0.5) is 0 Å². The summed E-state index contributed by atoms with van der Waals surface area (Å²) in [4.78, 5) is 0. The average molecular weight is 135 g/mol. The SMILES string of the molecule is CC1(CCl)CCOC1. The standard InChI is InChI=1S/C6H11ClO/c1-6(4-7)2-3-8-5-6/h2-5H2,1H3. The van der Waals surface area contributed by atoms with Crippen LogP contribution in [0.5, 0.6) is 0 Å². The van der Waals surface area contributed by atoms with E-state index in [2.05, 4.69) is 6.92 Å². The molecule has 1 unspecified atom stereocenters. The van der Waals surface area contributed by atoms with E-state index in [0.29, 0.717) is 0 Å². The Kier molecular flexibility index (Phi) is 1.78. The first-order valence-electron chi connectivity index (χ1n) is 2.91. The Balaban J connectivity index is 2.40. The molecule has 1 heterocycles. The number of hydrogen-bond donors (Lipinski definition) is 0. The van der Waals surface area contributed by atoms with E-state index in [1.165, 1.54) is 0 Å². The second-order valence-electron chi connectivity index (χ2n) is 2.75. The van der Waals surface area contributed by atoms with Gasteiger partial charge in [0.2, 0.25) is 0 Å². The number of ether oxygens (including phenoxy) is 1. The van der Waals surface area contributed by atoms with Gasteiger partial charge >= 0.3 is 0 Å². The smallest absolute Gasteiger partial charge is 0.0532 e. The van der Waals surface area contributed by atoms with Gasteiger partial charge in [0.1, 0.15) is 0 Å². The maximum absolute atomic E-state index is 5.67. The second-order valence-corrected chi connectivity index (χ2v) is 3.01. The predicted molar refractivity (Wildman–Crippen MR) is 34.3 cm³/mol. The molecule has 48 valence electrons. The minimum atomic E-state index is 0.279. The maximum Gasteiger partial charge on any atom is 0.0532 e. The molecule has 0 N–H and O–H groups in total. The van der Waals surface area contributed by atoms with E-state index in [9.17, 15) is 0 Å². The summed E-state index contributed by atoms with van der Waals surface area (Å²) in [6, 6.07) is 0. The lowest BCUT2D eigenvalue weighted by Gasteiger charge is -2.15. The van der Waals surface area contributed by atoms with Crippen molar-refractivity contribution in [1.82, 2.24) is 0 Å². The summed E-state index contributed by atoms with van der Waals surface area (Å²) in [5, 5.41) is 0. The molecule has 0 saturated carbocycles. The van der Waals surface area contributed by atoms with Crippen LogP contribution in [0.1, 0.15) is 13.3 Å². The fourth-order valence-electron chi connectivity index (χ4n) is 0.815. The quantitative estimate of drug-likeness (QED) is 0.496. The molecule has 1 nitrogen and oxygen atoms in total. The van der Waals surface area contributed by atoms with Crippen molar-refractivity contribution in [2.24, 2.45) is 5.41 Å². The fraction of sp³-hybridized carbons (Fsp3) is 1.00. The maximum atomic E-state index is 5.67. The molecule has 0 radical (unpaired) electrons. The van der Waals surface area contributed by atoms with E-state index in [0.717, 1.165) is 25.5 Å². The first-order chi connectivity index (χ1) is 3.77. The van der Waals surface area contributed by atoms with Crippen LogP contribution in [0.15, 0.2) is 0 Å². The van der Waals surface area contributed by atoms with Gasteiger partial charge in [0.15, 0.2) is 0 Å². The molecule has 1 rings (SSSR count). The zero-order valence-corrected chi connectivity index (χ0v) is 5.87. The molecule has 1 fully saturated rings. The van der Waals surface area contributed by atoms with Gasteiger partial charge in [-0.1, -0.05) is 6.92 Å². The van der Waals surface area contributed by atoms with Crippen LogP contribution in [0.2, 0.25) is 0 Å². The van der Waals surface area contributed by atoms with Crippen LogP contribution in [0.3, 0.4) is 0 Å². The fourth-order valence-corrected chi connectivity index (χ4v) is 1.03. The van der Waals surface area contributed by atoms with Gasteiger partial charge in [-0.3, -0.25) is 0 Å². The third-order valence-corrected chi connectivity index (χ3v) is 2.27. The largest absolute Gasteiger partial charge is 0.381 e. The molecule has 2 heteroatoms. The monoisotopic (exact) mass is 134 g/mol. The minimum absolute atomic E-state index is 0.279. The van der Waals surface area contributed by atoms with Crippen molar-refractivity contribution in [2.75, 3.05) is 19.1 Å². The zero-order chi connectivity index (χ0) is 6.04. The highest BCUT2D eigenvalue weighted by Crippen LogP contribution is 2.28. The topological polar surface area (TPSA) is 9.23 Å². The van der Waals surface area contributed by atoms with Crippen molar-refractivity contribution in [3.05, 3.63) is 0 Å². The second kappa shape index (κ2) is 2.24. The lowest BCUT2D eigenvalue weighted by molar-refractivity contribution is 0.168. The molecule has 8 heavy (non-hydrogen) atoms. The summed E-state index contributed by atoms with van der Waals surface area (Å²) in [5.74, 6) is 0.729. The van der Waals surface area contributed by atoms with Crippen molar-refractivity contribution in [3.8, 4) is 0 Å². The Morgan fingerprint density at radius 3 is 2.75 bits per heavy atom. The van der Waals surface area contributed by atoms with Gasteiger partial charge in [-0.2, -0.15) is 0 Å². The van der Waals surface area contributed by atoms with Crippen LogP contribution >= 0.6 is 11.6 Å². The Hall–Kier alpha value is 0.250. The van der Waals surface area contributed by atoms with Crippen LogP contribution in [0, 0.1) is 5.41 Å². The molecule has 0 amide bonds. The van der Waals surface area contributed by atoms with Crippen molar-refractivity contribution in [1.29, 1.82) is 0 Å². The molecule has 1 aliphatic rings. The van der Waals surface area contributed by atoms with Crippen LogP contribution in [-0.2, 0) is 4.74 Å². The number of hydrogen-bond acceptors (Lipinski definition) is 1. The third kappa shape index (κ3) is 1.15. The highest BCUT2D eigenvalue weighted by molar-refractivity contribution is 6.18. The number of rotatable bonds is 1. The van der Waals surface area contributed by atoms with E-state index in [1.807, 2.05) is 0 Å². The summed E-state index contributed by atoms with van der Waals surface area (Å²) < 4.78 is 5.17. The molecule has 1 saturated heterocycles. The van der Waals surface area contributed by atoms with Crippen molar-refractivity contribution in [3.63, 3.8) is 0 Å². The Morgan fingerprint density at radius 2 is 2.50 bits per heavy atom. The van der Waals surface area contributed by atoms with Crippen molar-refractivity contribution >= 4 is 11.6 Å². The van der Waals surface area contributed by atoms with E-state index in [-0.39, 0.29) is 5.41 Å². The molecule has 0 bridgehead atoms. The zero-order valence-electron chi connectivity index (χ0n) is 5.11. The summed E-state index contributed by atoms with van der Waals surface area (Å²) in [5.41, 5.74) is 0.279. The van der Waals surface area contributed by atoms with Gasteiger partial charge in [0, 0.05) is 17.9 Å².